The van der Waals surface area contributed by atoms with Crippen molar-refractivity contribution in [3.8, 4) is 0 Å². The fourth-order valence-electron chi connectivity index (χ4n) is 0.926. The van der Waals surface area contributed by atoms with Gasteiger partial charge in [-0.1, -0.05) is 0 Å². The van der Waals surface area contributed by atoms with Crippen molar-refractivity contribution in [2.24, 2.45) is 0 Å². The van der Waals surface area contributed by atoms with Crippen LogP contribution in [0.25, 0.3) is 0 Å². The summed E-state index contributed by atoms with van der Waals surface area (Å²) in [5.74, 6) is 0. The Kier molecular flexibility index (Phi) is 3.63. The van der Waals surface area contributed by atoms with Gasteiger partial charge in [-0.05, 0) is 12.1 Å². The molecule has 0 atom stereocenters. The monoisotopic (exact) mass is 295 g/mol. The van der Waals surface area contributed by atoms with Crippen molar-refractivity contribution >= 4 is 19.7 Å². The van der Waals surface area contributed by atoms with E-state index in [9.17, 15) is 30.4 Å². The first-order valence-corrected chi connectivity index (χ1v) is 6.15. The summed E-state index contributed by atoms with van der Waals surface area (Å²) in [6.45, 7) is 0. The highest BCUT2D eigenvalue weighted by atomic mass is 35.7. The number of hydrogen-bond donors (Lipinski definition) is 0. The lowest BCUT2D eigenvalue weighted by Gasteiger charge is -2.09. The van der Waals surface area contributed by atoms with Gasteiger partial charge in [-0.15, -0.1) is 0 Å². The van der Waals surface area contributed by atoms with E-state index in [2.05, 4.69) is 4.98 Å². The maximum atomic E-state index is 12.3. The maximum absolute atomic E-state index is 12.3. The molecule has 0 aliphatic heterocycles. The third kappa shape index (κ3) is 3.50. The number of aromatic nitrogens is 1. The fourth-order valence-corrected chi connectivity index (χ4v) is 1.65. The van der Waals surface area contributed by atoms with E-state index in [0.717, 1.165) is 0 Å². The summed E-state index contributed by atoms with van der Waals surface area (Å²) in [6, 6.07) is 0.157. The van der Waals surface area contributed by atoms with Crippen LogP contribution in [0.5, 0.6) is 0 Å². The van der Waals surface area contributed by atoms with Gasteiger partial charge in [0.1, 0.15) is 5.69 Å². The lowest BCUT2D eigenvalue weighted by atomic mass is 10.2. The lowest BCUT2D eigenvalue weighted by molar-refractivity contribution is -0.138. The normalized spacial score (nSPS) is 13.1. The summed E-state index contributed by atoms with van der Waals surface area (Å²) in [6.07, 6.45) is -8.31. The third-order valence-electron chi connectivity index (χ3n) is 1.62. The van der Waals surface area contributed by atoms with E-state index in [0.29, 0.717) is 0 Å². The molecule has 3 nitrogen and oxygen atoms in total. The van der Waals surface area contributed by atoms with E-state index in [4.69, 9.17) is 10.7 Å². The zero-order chi connectivity index (χ0) is 13.4. The molecule has 0 radical (unpaired) electrons. The highest BCUT2D eigenvalue weighted by molar-refractivity contribution is 8.13. The summed E-state index contributed by atoms with van der Waals surface area (Å²) >= 11 is 0. The molecule has 0 bridgehead atoms. The Labute approximate surface area is 96.6 Å². The Bertz CT molecular complexity index is 528. The van der Waals surface area contributed by atoms with Crippen LogP contribution in [0.3, 0.4) is 0 Å². The van der Waals surface area contributed by atoms with Crippen LogP contribution in [-0.4, -0.2) is 13.4 Å². The highest BCUT2D eigenvalue weighted by Gasteiger charge is 2.34. The van der Waals surface area contributed by atoms with Crippen LogP contribution in [0, 0.1) is 0 Å². The number of rotatable bonds is 2. The van der Waals surface area contributed by atoms with Gasteiger partial charge in [-0.3, -0.25) is 0 Å². The molecule has 96 valence electrons. The first-order valence-electron chi connectivity index (χ1n) is 3.84. The molecule has 0 aliphatic carbocycles. The Morgan fingerprint density at radius 3 is 2.12 bits per heavy atom. The average molecular weight is 296 g/mol. The summed E-state index contributed by atoms with van der Waals surface area (Å²) in [5, 5.41) is -1.26. The van der Waals surface area contributed by atoms with Gasteiger partial charge in [0.05, 0.1) is 5.56 Å². The molecule has 17 heavy (non-hydrogen) atoms. The zero-order valence-corrected chi connectivity index (χ0v) is 9.24. The molecule has 1 rings (SSSR count). The van der Waals surface area contributed by atoms with Gasteiger partial charge >= 0.3 is 6.18 Å². The van der Waals surface area contributed by atoms with Crippen molar-refractivity contribution in [3.05, 3.63) is 23.4 Å². The highest BCUT2D eigenvalue weighted by Crippen LogP contribution is 2.33. The first-order chi connectivity index (χ1) is 7.51. The van der Waals surface area contributed by atoms with Gasteiger partial charge in [0.25, 0.3) is 15.5 Å². The van der Waals surface area contributed by atoms with Gasteiger partial charge in [-0.25, -0.2) is 22.2 Å². The predicted molar refractivity (Wildman–Crippen MR) is 47.2 cm³/mol. The molecule has 1 aromatic heterocycles. The van der Waals surface area contributed by atoms with Gasteiger partial charge < -0.3 is 0 Å². The van der Waals surface area contributed by atoms with E-state index < -0.39 is 37.9 Å². The number of alkyl halides is 5. The first kappa shape index (κ1) is 14.1. The number of halogens is 6. The molecule has 0 saturated heterocycles. The van der Waals surface area contributed by atoms with Gasteiger partial charge in [0.2, 0.25) is 0 Å². The van der Waals surface area contributed by atoms with E-state index in [-0.39, 0.29) is 12.1 Å². The molecule has 0 aromatic carbocycles. The number of hydrogen-bond acceptors (Lipinski definition) is 3. The number of pyridine rings is 1. The van der Waals surface area contributed by atoms with E-state index in [1.807, 2.05) is 0 Å². The summed E-state index contributed by atoms with van der Waals surface area (Å²) in [7, 11) is 0.141. The largest absolute Gasteiger partial charge is 0.416 e. The molecule has 0 aliphatic rings. The minimum atomic E-state index is -4.97. The van der Waals surface area contributed by atoms with E-state index in [1.54, 1.807) is 0 Å². The van der Waals surface area contributed by atoms with Crippen molar-refractivity contribution < 1.29 is 30.4 Å². The molecule has 1 aromatic rings. The summed E-state index contributed by atoms with van der Waals surface area (Å²) in [5.41, 5.74) is -2.86. The van der Waals surface area contributed by atoms with Crippen LogP contribution in [0.4, 0.5) is 22.0 Å². The summed E-state index contributed by atoms with van der Waals surface area (Å²) in [4.78, 5) is 2.85. The summed E-state index contributed by atoms with van der Waals surface area (Å²) < 4.78 is 82.9. The SMILES string of the molecule is O=S(=O)(Cl)c1cc(C(F)(F)F)cc(C(F)F)n1. The zero-order valence-electron chi connectivity index (χ0n) is 7.67. The van der Waals surface area contributed by atoms with Crippen LogP contribution in [0.1, 0.15) is 17.7 Å². The molecule has 0 fully saturated rings. The fraction of sp³-hybridized carbons (Fsp3) is 0.286. The molecular formula is C7H3ClF5NO2S. The van der Waals surface area contributed by atoms with Gasteiger partial charge in [0.15, 0.2) is 5.03 Å². The quantitative estimate of drug-likeness (QED) is 0.622. The van der Waals surface area contributed by atoms with Gasteiger partial charge in [-0.2, -0.15) is 13.2 Å². The van der Waals surface area contributed by atoms with Crippen molar-refractivity contribution in [1.82, 2.24) is 4.98 Å². The lowest BCUT2D eigenvalue weighted by Crippen LogP contribution is -2.10. The smallest absolute Gasteiger partial charge is 0.234 e. The topological polar surface area (TPSA) is 47.0 Å². The van der Waals surface area contributed by atoms with E-state index >= 15 is 0 Å². The van der Waals surface area contributed by atoms with Crippen molar-refractivity contribution in [1.29, 1.82) is 0 Å². The Morgan fingerprint density at radius 1 is 1.24 bits per heavy atom. The second-order valence-electron chi connectivity index (χ2n) is 2.86. The van der Waals surface area contributed by atoms with Crippen molar-refractivity contribution in [2.75, 3.05) is 0 Å². The van der Waals surface area contributed by atoms with Crippen LogP contribution in [0.2, 0.25) is 0 Å². The third-order valence-corrected chi connectivity index (χ3v) is 2.81. The van der Waals surface area contributed by atoms with Gasteiger partial charge in [0, 0.05) is 10.7 Å². The second-order valence-corrected chi connectivity index (χ2v) is 5.37. The molecule has 1 heterocycles. The second kappa shape index (κ2) is 4.37. The van der Waals surface area contributed by atoms with Crippen LogP contribution in [0.15, 0.2) is 17.2 Å². The van der Waals surface area contributed by atoms with Crippen molar-refractivity contribution in [3.63, 3.8) is 0 Å². The molecular weight excluding hydrogens is 293 g/mol. The van der Waals surface area contributed by atoms with Crippen LogP contribution in [-0.2, 0) is 15.2 Å². The molecule has 10 heteroatoms. The Hall–Kier alpha value is -0.960. The molecule has 0 saturated carbocycles. The minimum absolute atomic E-state index is 0.0657. The van der Waals surface area contributed by atoms with E-state index in [1.165, 1.54) is 0 Å². The molecule has 0 N–H and O–H groups in total. The van der Waals surface area contributed by atoms with Crippen molar-refractivity contribution in [2.45, 2.75) is 17.6 Å². The predicted octanol–water partition coefficient (Wildman–Crippen LogP) is 2.97. The average Bonchev–Trinajstić information content (AvgIpc) is 2.14. The standard InChI is InChI=1S/C7H3ClF5NO2S/c8-17(15,16)5-2-3(7(11,12)13)1-4(14-5)6(9)10/h1-2,6H. The molecule has 0 unspecified atom stereocenters. The Balaban J connectivity index is 3.51. The van der Waals surface area contributed by atoms with Crippen LogP contribution >= 0.6 is 10.7 Å². The molecule has 0 amide bonds. The Morgan fingerprint density at radius 2 is 1.76 bits per heavy atom. The van der Waals surface area contributed by atoms with Crippen LogP contribution < -0.4 is 0 Å². The number of nitrogens with zero attached hydrogens (tertiary/aromatic N) is 1. The molecule has 0 spiro atoms. The minimum Gasteiger partial charge on any atom is -0.234 e. The maximum Gasteiger partial charge on any atom is 0.416 e.